The van der Waals surface area contributed by atoms with Crippen molar-refractivity contribution < 1.29 is 47.4 Å². The third-order valence-electron chi connectivity index (χ3n) is 17.1. The van der Waals surface area contributed by atoms with Crippen LogP contribution in [0.25, 0.3) is 21.5 Å². The van der Waals surface area contributed by atoms with E-state index in [9.17, 15) is 0 Å². The lowest BCUT2D eigenvalue weighted by Crippen LogP contribution is -2.18. The second-order valence-corrected chi connectivity index (χ2v) is 24.4. The first-order valence-electron chi connectivity index (χ1n) is 33.4. The van der Waals surface area contributed by atoms with Gasteiger partial charge in [-0.15, -0.1) is 0 Å². The van der Waals surface area contributed by atoms with Gasteiger partial charge in [0.1, 0.15) is 65.2 Å². The Kier molecular flexibility index (Phi) is 21.7. The van der Waals surface area contributed by atoms with Gasteiger partial charge in [-0.1, -0.05) is 237 Å². The van der Waals surface area contributed by atoms with Gasteiger partial charge < -0.3 is 42.6 Å². The van der Waals surface area contributed by atoms with Gasteiger partial charge in [-0.05, 0) is 158 Å². The van der Waals surface area contributed by atoms with E-state index in [0.717, 1.165) is 94.1 Å². The van der Waals surface area contributed by atoms with Crippen molar-refractivity contribution in [1.29, 1.82) is 0 Å². The zero-order valence-electron chi connectivity index (χ0n) is 56.1. The molecule has 13 aromatic carbocycles. The highest BCUT2D eigenvalue weighted by Gasteiger charge is 2.24. The van der Waals surface area contributed by atoms with Crippen LogP contribution < -0.4 is 48.1 Å². The Morgan fingerprint density at radius 2 is 0.590 bits per heavy atom. The van der Waals surface area contributed by atoms with E-state index in [2.05, 4.69) is 53.8 Å². The van der Waals surface area contributed by atoms with E-state index in [1.165, 1.54) is 0 Å². The minimum Gasteiger partial charge on any atom is -0.489 e. The number of ether oxygens (including phenoxy) is 9. The van der Waals surface area contributed by atoms with Gasteiger partial charge in [0.2, 0.25) is 11.5 Å². The molecule has 0 saturated carbocycles. The lowest BCUT2D eigenvalue weighted by Gasteiger charge is -2.21. The average Bonchev–Trinajstić information content (AvgIpc) is 0.759. The van der Waals surface area contributed by atoms with Crippen LogP contribution >= 0.6 is 0 Å². The molecule has 498 valence electrons. The number of hydrazone groups is 1. The summed E-state index contributed by atoms with van der Waals surface area (Å²) in [6.45, 7) is 7.81. The summed E-state index contributed by atoms with van der Waals surface area (Å²) in [6.07, 6.45) is 1.70. The Balaban J connectivity index is 0.906. The zero-order valence-corrected chi connectivity index (χ0v) is 56.1. The Labute approximate surface area is 583 Å². The van der Waals surface area contributed by atoms with Crippen molar-refractivity contribution in [1.82, 2.24) is 5.43 Å². The van der Waals surface area contributed by atoms with Gasteiger partial charge in [0.15, 0.2) is 34.5 Å². The molecule has 0 atom stereocenters. The number of carbonyl (C=O) groups is 1. The van der Waals surface area contributed by atoms with Gasteiger partial charge in [-0.2, -0.15) is 5.10 Å². The monoisotopic (exact) mass is 1320 g/mol. The van der Waals surface area contributed by atoms with Crippen LogP contribution in [0.2, 0.25) is 0 Å². The van der Waals surface area contributed by atoms with E-state index in [-0.39, 0.29) is 62.5 Å². The summed E-state index contributed by atoms with van der Waals surface area (Å²) in [4.78, 5) is 15.0. The van der Waals surface area contributed by atoms with E-state index >= 15 is 4.79 Å². The van der Waals surface area contributed by atoms with Crippen molar-refractivity contribution >= 4 is 33.7 Å². The molecule has 1 N–H and O–H groups in total. The summed E-state index contributed by atoms with van der Waals surface area (Å²) in [5.74, 6) is 3.29. The third-order valence-corrected chi connectivity index (χ3v) is 17.1. The molecule has 0 unspecified atom stereocenters. The highest BCUT2D eigenvalue weighted by Crippen LogP contribution is 2.45. The second kappa shape index (κ2) is 32.6. The molecule has 13 aromatic rings. The number of benzene rings is 13. The quantitative estimate of drug-likeness (QED) is 0.0264. The van der Waals surface area contributed by atoms with Crippen LogP contribution in [-0.4, -0.2) is 12.1 Å². The van der Waals surface area contributed by atoms with Crippen molar-refractivity contribution in [3.05, 3.63) is 363 Å². The van der Waals surface area contributed by atoms with Crippen molar-refractivity contribution in [2.24, 2.45) is 5.10 Å². The normalized spacial score (nSPS) is 11.1. The molecule has 0 spiro atoms. The molecule has 1 amide bonds. The number of nitrogens with zero attached hydrogens (tertiary/aromatic N) is 1. The third kappa shape index (κ3) is 17.3. The van der Waals surface area contributed by atoms with Gasteiger partial charge in [0.25, 0.3) is 5.91 Å². The number of hydrogen-bond donors (Lipinski definition) is 1. The minimum absolute atomic E-state index is 0.00651. The predicted octanol–water partition coefficient (Wildman–Crippen LogP) is 19.9. The first kappa shape index (κ1) is 66.3. The van der Waals surface area contributed by atoms with Crippen LogP contribution in [0.5, 0.6) is 51.7 Å². The molecule has 0 heterocycles. The molecule has 100 heavy (non-hydrogen) atoms. The highest BCUT2D eigenvalue weighted by atomic mass is 16.6. The Morgan fingerprint density at radius 3 is 1.00 bits per heavy atom. The van der Waals surface area contributed by atoms with E-state index in [1.54, 1.807) is 18.3 Å². The van der Waals surface area contributed by atoms with Crippen molar-refractivity contribution in [3.8, 4) is 51.7 Å². The Bertz CT molecular complexity index is 4800. The molecule has 0 aliphatic carbocycles. The molecule has 0 aliphatic rings. The van der Waals surface area contributed by atoms with Crippen molar-refractivity contribution in [3.63, 3.8) is 0 Å². The standard InChI is InChI=1S/C88H76N2O10/c1-61-42-70(44-79(63(61)3)92-52-64-26-10-4-11-27-64)58-96-83-49-75(88(91)90-89-51-78-76-40-24-22-38-73(76)48-74-39-23-25-41-77(74)78)50-84(87(83)100-60-71-43-62(2)85(98-56-68-34-18-8-19-35-68)80(45-71)93-53-65-28-12-5-13-29-65)97-59-72-46-81(94-54-66-30-14-6-15-31-66)86(99-57-69-36-20-9-21-37-69)82(47-72)95-55-67-32-16-7-17-33-67/h4-51H,52-60H2,1-3H3,(H,90,91)/b89-51+. The van der Waals surface area contributed by atoms with E-state index < -0.39 is 5.91 Å². The van der Waals surface area contributed by atoms with Crippen LogP contribution in [0.1, 0.15) is 82.7 Å². The zero-order chi connectivity index (χ0) is 68.2. The minimum atomic E-state index is -0.528. The lowest BCUT2D eigenvalue weighted by atomic mass is 9.97. The fourth-order valence-corrected chi connectivity index (χ4v) is 11.7. The fourth-order valence-electron chi connectivity index (χ4n) is 11.7. The van der Waals surface area contributed by atoms with Crippen LogP contribution in [0.15, 0.2) is 290 Å². The maximum absolute atomic E-state index is 15.0. The maximum atomic E-state index is 15.0. The first-order valence-corrected chi connectivity index (χ1v) is 33.4. The topological polar surface area (TPSA) is 125 Å². The molecule has 0 bridgehead atoms. The Morgan fingerprint density at radius 1 is 0.300 bits per heavy atom. The summed E-state index contributed by atoms with van der Waals surface area (Å²) < 4.78 is 61.1. The number of rotatable bonds is 30. The van der Waals surface area contributed by atoms with E-state index in [4.69, 9.17) is 42.6 Å². The Hall–Kier alpha value is -12.3. The number of hydrogen-bond acceptors (Lipinski definition) is 11. The van der Waals surface area contributed by atoms with Gasteiger partial charge in [-0.3, -0.25) is 4.79 Å². The fraction of sp³-hybridized carbons (Fsp3) is 0.136. The number of nitrogens with one attached hydrogen (secondary N) is 1. The highest BCUT2D eigenvalue weighted by molar-refractivity contribution is 6.13. The molecule has 0 aromatic heterocycles. The summed E-state index contributed by atoms with van der Waals surface area (Å²) >= 11 is 0. The summed E-state index contributed by atoms with van der Waals surface area (Å²) in [7, 11) is 0. The number of aryl methyl sites for hydroxylation is 2. The molecular weight excluding hydrogens is 1240 g/mol. The molecule has 0 aliphatic heterocycles. The lowest BCUT2D eigenvalue weighted by molar-refractivity contribution is 0.0953. The van der Waals surface area contributed by atoms with Gasteiger partial charge >= 0.3 is 0 Å². The molecular formula is C88H76N2O10. The van der Waals surface area contributed by atoms with Crippen LogP contribution in [0.3, 0.4) is 0 Å². The number of amides is 1. The molecule has 13 rings (SSSR count). The van der Waals surface area contributed by atoms with Crippen molar-refractivity contribution in [2.45, 2.75) is 80.2 Å². The van der Waals surface area contributed by atoms with E-state index in [1.807, 2.05) is 250 Å². The molecule has 12 nitrogen and oxygen atoms in total. The predicted molar refractivity (Wildman–Crippen MR) is 394 cm³/mol. The largest absolute Gasteiger partial charge is 0.489 e. The average molecular weight is 1320 g/mol. The second-order valence-electron chi connectivity index (χ2n) is 24.4. The number of fused-ring (bicyclic) bond motifs is 2. The maximum Gasteiger partial charge on any atom is 0.271 e. The first-order chi connectivity index (χ1) is 49.2. The van der Waals surface area contributed by atoms with E-state index in [0.29, 0.717) is 54.1 Å². The molecule has 0 saturated heterocycles. The SMILES string of the molecule is Cc1cc(COc2cc(C(=O)N/N=C/c3c4ccccc4cc4ccccc34)cc(OCc3cc(OCc4ccccc4)c(OCc4ccccc4)c(OCc4ccccc4)c3)c2OCc2cc(C)c(OCc3ccccc3)c(OCc3ccccc3)c2)cc(OCc2ccccc2)c1C. The van der Waals surface area contributed by atoms with Gasteiger partial charge in [0, 0.05) is 11.1 Å². The van der Waals surface area contributed by atoms with Crippen molar-refractivity contribution in [2.75, 3.05) is 0 Å². The summed E-state index contributed by atoms with van der Waals surface area (Å²) in [5, 5.41) is 8.72. The summed E-state index contributed by atoms with van der Waals surface area (Å²) in [6, 6.07) is 93.6. The van der Waals surface area contributed by atoms with Crippen LogP contribution in [-0.2, 0) is 59.5 Å². The molecule has 0 radical (unpaired) electrons. The van der Waals surface area contributed by atoms with Gasteiger partial charge in [-0.25, -0.2) is 5.43 Å². The number of carbonyl (C=O) groups excluding carboxylic acids is 1. The van der Waals surface area contributed by atoms with Gasteiger partial charge in [0.05, 0.1) is 6.21 Å². The molecule has 0 fully saturated rings. The van der Waals surface area contributed by atoms with Crippen LogP contribution in [0.4, 0.5) is 0 Å². The summed E-state index contributed by atoms with van der Waals surface area (Å²) in [5.41, 5.74) is 14.9. The smallest absolute Gasteiger partial charge is 0.271 e. The van der Waals surface area contributed by atoms with Crippen LogP contribution in [0, 0.1) is 20.8 Å². The molecule has 12 heteroatoms.